The summed E-state index contributed by atoms with van der Waals surface area (Å²) in [5.74, 6) is -1.27. The Morgan fingerprint density at radius 2 is 1.70 bits per heavy atom. The van der Waals surface area contributed by atoms with Crippen LogP contribution in [0.15, 0.2) is 33.6 Å². The number of piperazine rings is 1. The minimum atomic E-state index is -3.81. The van der Waals surface area contributed by atoms with E-state index in [1.54, 1.807) is 6.92 Å². The molecule has 0 radical (unpaired) electrons. The van der Waals surface area contributed by atoms with Crippen LogP contribution in [0.1, 0.15) is 23.2 Å². The van der Waals surface area contributed by atoms with Gasteiger partial charge in [0.15, 0.2) is 9.84 Å². The summed E-state index contributed by atoms with van der Waals surface area (Å²) in [7, 11) is -7.19. The van der Waals surface area contributed by atoms with Crippen molar-refractivity contribution in [3.8, 4) is 0 Å². The molecule has 33 heavy (non-hydrogen) atoms. The zero-order valence-electron chi connectivity index (χ0n) is 17.9. The minimum absolute atomic E-state index is 0.00290. The van der Waals surface area contributed by atoms with Crippen LogP contribution in [-0.2, 0) is 30.4 Å². The summed E-state index contributed by atoms with van der Waals surface area (Å²) >= 11 is 0. The van der Waals surface area contributed by atoms with Crippen LogP contribution in [0.5, 0.6) is 0 Å². The predicted molar refractivity (Wildman–Crippen MR) is 115 cm³/mol. The lowest BCUT2D eigenvalue weighted by molar-refractivity contribution is 0.0933. The zero-order valence-corrected chi connectivity index (χ0v) is 19.6. The summed E-state index contributed by atoms with van der Waals surface area (Å²) in [6.07, 6.45) is 0.528. The largest absolute Gasteiger partial charge is 0.450 e. The molecule has 0 unspecified atom stereocenters. The van der Waals surface area contributed by atoms with E-state index < -0.39 is 37.6 Å². The molecule has 1 fully saturated rings. The number of rotatable bonds is 7. The number of sulfone groups is 1. The molecule has 0 spiro atoms. The second-order valence-corrected chi connectivity index (χ2v) is 11.2. The van der Waals surface area contributed by atoms with Gasteiger partial charge in [0.05, 0.1) is 11.5 Å². The molecule has 0 saturated carbocycles. The Morgan fingerprint density at radius 3 is 2.27 bits per heavy atom. The van der Waals surface area contributed by atoms with Crippen molar-refractivity contribution in [1.82, 2.24) is 19.4 Å². The van der Waals surface area contributed by atoms with Gasteiger partial charge in [0, 0.05) is 38.0 Å². The van der Waals surface area contributed by atoms with Crippen molar-refractivity contribution in [2.45, 2.75) is 17.6 Å². The van der Waals surface area contributed by atoms with E-state index in [-0.39, 0.29) is 55.2 Å². The molecule has 13 nitrogen and oxygen atoms in total. The lowest BCUT2D eigenvalue weighted by Gasteiger charge is -2.33. The van der Waals surface area contributed by atoms with Crippen LogP contribution in [0.4, 0.5) is 10.8 Å². The van der Waals surface area contributed by atoms with Crippen LogP contribution < -0.4 is 5.32 Å². The number of nitrogens with zero attached hydrogens (tertiary/aromatic N) is 4. The second-order valence-electron chi connectivity index (χ2n) is 7.14. The first kappa shape index (κ1) is 24.6. The molecule has 2 amide bonds. The fourth-order valence-electron chi connectivity index (χ4n) is 3.01. The van der Waals surface area contributed by atoms with Crippen molar-refractivity contribution in [2.24, 2.45) is 0 Å². The number of sulfonamides is 1. The summed E-state index contributed by atoms with van der Waals surface area (Å²) in [6, 6.07) is 4.96. The predicted octanol–water partition coefficient (Wildman–Crippen LogP) is 0.329. The van der Waals surface area contributed by atoms with Gasteiger partial charge in [-0.05, 0) is 31.2 Å². The molecule has 15 heteroatoms. The number of benzene rings is 1. The number of amides is 2. The van der Waals surface area contributed by atoms with Gasteiger partial charge in [0.25, 0.3) is 5.91 Å². The number of ether oxygens (including phenoxy) is 1. The number of carbonyl (C=O) groups excluding carboxylic acids is 2. The first-order valence-electron chi connectivity index (χ1n) is 9.83. The van der Waals surface area contributed by atoms with Gasteiger partial charge in [-0.25, -0.2) is 21.6 Å². The van der Waals surface area contributed by atoms with Crippen LogP contribution in [0.3, 0.4) is 0 Å². The van der Waals surface area contributed by atoms with Crippen molar-refractivity contribution >= 4 is 37.9 Å². The lowest BCUT2D eigenvalue weighted by atomic mass is 10.2. The zero-order chi connectivity index (χ0) is 24.2. The Morgan fingerprint density at radius 1 is 1.06 bits per heavy atom. The van der Waals surface area contributed by atoms with E-state index in [2.05, 4.69) is 15.5 Å². The average Bonchev–Trinajstić information content (AvgIpc) is 3.19. The topological polar surface area (TPSA) is 169 Å². The van der Waals surface area contributed by atoms with E-state index in [1.165, 1.54) is 33.5 Å². The number of anilines is 1. The van der Waals surface area contributed by atoms with E-state index >= 15 is 0 Å². The normalized spacial score (nSPS) is 15.3. The molecule has 2 aromatic rings. The van der Waals surface area contributed by atoms with Gasteiger partial charge >= 0.3 is 12.1 Å². The molecule has 3 rings (SSSR count). The fraction of sp³-hybridized carbons (Fsp3) is 0.444. The van der Waals surface area contributed by atoms with E-state index in [0.717, 1.165) is 6.26 Å². The molecule has 2 heterocycles. The van der Waals surface area contributed by atoms with E-state index in [4.69, 9.17) is 9.15 Å². The van der Waals surface area contributed by atoms with E-state index in [1.807, 2.05) is 0 Å². The van der Waals surface area contributed by atoms with Crippen molar-refractivity contribution in [3.63, 3.8) is 0 Å². The van der Waals surface area contributed by atoms with Crippen molar-refractivity contribution < 1.29 is 35.6 Å². The highest BCUT2D eigenvalue weighted by Gasteiger charge is 2.30. The van der Waals surface area contributed by atoms with Crippen molar-refractivity contribution in [1.29, 1.82) is 0 Å². The maximum atomic E-state index is 12.9. The van der Waals surface area contributed by atoms with Crippen LogP contribution >= 0.6 is 0 Å². The fourth-order valence-corrected chi connectivity index (χ4v) is 5.00. The monoisotopic (exact) mass is 501 g/mol. The third-order valence-electron chi connectivity index (χ3n) is 4.59. The Hall–Kier alpha value is -3.04. The van der Waals surface area contributed by atoms with Gasteiger partial charge in [0.1, 0.15) is 5.75 Å². The third kappa shape index (κ3) is 6.27. The molecule has 1 saturated heterocycles. The number of aromatic nitrogens is 2. The maximum absolute atomic E-state index is 12.9. The minimum Gasteiger partial charge on any atom is -0.450 e. The third-order valence-corrected chi connectivity index (χ3v) is 7.28. The first-order valence-corrected chi connectivity index (χ1v) is 13.3. The van der Waals surface area contributed by atoms with Crippen LogP contribution in [-0.4, -0.2) is 87.3 Å². The molecule has 1 N–H and O–H groups in total. The summed E-state index contributed by atoms with van der Waals surface area (Å²) in [5.41, 5.74) is 0.129. The molecular formula is C18H23N5O8S2. The summed E-state index contributed by atoms with van der Waals surface area (Å²) in [6.45, 7) is 2.60. The van der Waals surface area contributed by atoms with Gasteiger partial charge in [-0.3, -0.25) is 10.1 Å². The van der Waals surface area contributed by atoms with Crippen molar-refractivity contribution in [2.75, 3.05) is 44.4 Å². The Balaban J connectivity index is 1.62. The van der Waals surface area contributed by atoms with Crippen LogP contribution in [0.25, 0.3) is 0 Å². The number of hydrogen-bond acceptors (Lipinski definition) is 10. The van der Waals surface area contributed by atoms with Gasteiger partial charge in [-0.1, -0.05) is 5.10 Å². The van der Waals surface area contributed by atoms with Crippen LogP contribution in [0.2, 0.25) is 0 Å². The molecule has 0 atom stereocenters. The summed E-state index contributed by atoms with van der Waals surface area (Å²) in [4.78, 5) is 25.6. The highest BCUT2D eigenvalue weighted by atomic mass is 32.2. The highest BCUT2D eigenvalue weighted by molar-refractivity contribution is 7.89. The summed E-state index contributed by atoms with van der Waals surface area (Å²) in [5, 5.41) is 9.43. The Bertz CT molecular complexity index is 1220. The molecule has 180 valence electrons. The molecule has 1 aromatic carbocycles. The molecule has 0 aliphatic carbocycles. The quantitative estimate of drug-likeness (QED) is 0.558. The van der Waals surface area contributed by atoms with Crippen molar-refractivity contribution in [3.05, 3.63) is 35.7 Å². The SMILES string of the molecule is CCOC(=O)N1CCN(S(=O)(=O)c2ccc(C(=O)Nc3nnc(CS(C)(=O)=O)o3)cc2)CC1. The van der Waals surface area contributed by atoms with Gasteiger partial charge in [-0.15, -0.1) is 5.10 Å². The molecule has 1 aromatic heterocycles. The standard InChI is InChI=1S/C18H23N5O8S2/c1-3-30-18(25)22-8-10-23(11-9-22)33(28,29)14-6-4-13(5-7-14)16(24)19-17-21-20-15(31-17)12-32(2,26)27/h4-7H,3,8-12H2,1-2H3,(H,19,21,24). The van der Waals surface area contributed by atoms with E-state index in [0.29, 0.717) is 0 Å². The lowest BCUT2D eigenvalue weighted by Crippen LogP contribution is -2.50. The molecular weight excluding hydrogens is 478 g/mol. The van der Waals surface area contributed by atoms with E-state index in [9.17, 15) is 26.4 Å². The average molecular weight is 502 g/mol. The molecule has 1 aliphatic heterocycles. The highest BCUT2D eigenvalue weighted by Crippen LogP contribution is 2.19. The second kappa shape index (κ2) is 9.84. The Labute approximate surface area is 190 Å². The molecule has 1 aliphatic rings. The number of hydrogen-bond donors (Lipinski definition) is 1. The summed E-state index contributed by atoms with van der Waals surface area (Å²) < 4.78 is 59.6. The van der Waals surface area contributed by atoms with Gasteiger partial charge in [0.2, 0.25) is 15.9 Å². The number of nitrogens with one attached hydrogen (secondary N) is 1. The molecule has 0 bridgehead atoms. The smallest absolute Gasteiger partial charge is 0.409 e. The Kier molecular flexibility index (Phi) is 7.34. The van der Waals surface area contributed by atoms with Gasteiger partial charge < -0.3 is 14.1 Å². The van der Waals surface area contributed by atoms with Crippen LogP contribution in [0, 0.1) is 0 Å². The first-order chi connectivity index (χ1) is 15.5. The number of carbonyl (C=O) groups is 2. The van der Waals surface area contributed by atoms with Gasteiger partial charge in [-0.2, -0.15) is 4.31 Å². The maximum Gasteiger partial charge on any atom is 0.409 e.